The van der Waals surface area contributed by atoms with Crippen molar-refractivity contribution in [3.05, 3.63) is 65.7 Å². The predicted octanol–water partition coefficient (Wildman–Crippen LogP) is 5.46. The summed E-state index contributed by atoms with van der Waals surface area (Å²) in [5.74, 6) is -0.923. The maximum Gasteiger partial charge on any atom is 0.408 e. The van der Waals surface area contributed by atoms with Crippen molar-refractivity contribution in [1.82, 2.24) is 15.5 Å². The molecular weight excluding hydrogens is 482 g/mol. The number of unbranched alkanes of at least 4 members (excludes halogenated alkanes) is 5. The molecule has 0 aliphatic rings. The van der Waals surface area contributed by atoms with Gasteiger partial charge < -0.3 is 25.4 Å². The van der Waals surface area contributed by atoms with Gasteiger partial charge in [-0.05, 0) is 38.8 Å². The summed E-state index contributed by atoms with van der Waals surface area (Å²) in [5.41, 5.74) is 0.535. The summed E-state index contributed by atoms with van der Waals surface area (Å²) < 4.78 is 5.26. The van der Waals surface area contributed by atoms with Crippen LogP contribution in [0.2, 0.25) is 0 Å². The highest BCUT2D eigenvalue weighted by molar-refractivity contribution is 5.91. The Morgan fingerprint density at radius 2 is 1.53 bits per heavy atom. The number of phenolic OH excluding ortho intramolecular Hbond substituents is 1. The zero-order valence-electron chi connectivity index (χ0n) is 23.2. The molecule has 38 heavy (non-hydrogen) atoms. The molecule has 0 spiro atoms. The Balaban J connectivity index is 2.27. The lowest BCUT2D eigenvalue weighted by molar-refractivity contribution is -0.140. The predicted molar refractivity (Wildman–Crippen MR) is 148 cm³/mol. The minimum atomic E-state index is -1.07. The number of nitrogens with one attached hydrogen (secondary N) is 2. The van der Waals surface area contributed by atoms with Crippen molar-refractivity contribution in [2.24, 2.45) is 0 Å². The summed E-state index contributed by atoms with van der Waals surface area (Å²) in [4.78, 5) is 40.7. The molecular formula is C30H43N3O5. The van der Waals surface area contributed by atoms with Gasteiger partial charge in [0.1, 0.15) is 23.9 Å². The second-order valence-corrected chi connectivity index (χ2v) is 10.4. The molecule has 208 valence electrons. The van der Waals surface area contributed by atoms with Crippen LogP contribution in [0.3, 0.4) is 0 Å². The molecule has 0 saturated heterocycles. The normalized spacial score (nSPS) is 11.9. The van der Waals surface area contributed by atoms with Gasteiger partial charge in [0, 0.05) is 18.7 Å². The maximum atomic E-state index is 13.6. The van der Waals surface area contributed by atoms with E-state index < -0.39 is 29.6 Å². The van der Waals surface area contributed by atoms with Gasteiger partial charge in [-0.3, -0.25) is 9.59 Å². The van der Waals surface area contributed by atoms with Gasteiger partial charge in [0.15, 0.2) is 0 Å². The number of rotatable bonds is 14. The number of ether oxygens (including phenoxy) is 1. The molecule has 8 heteroatoms. The molecule has 2 aromatic rings. The first-order chi connectivity index (χ1) is 18.1. The number of amides is 3. The number of hydrogen-bond donors (Lipinski definition) is 3. The van der Waals surface area contributed by atoms with Crippen molar-refractivity contribution in [1.29, 1.82) is 0 Å². The van der Waals surface area contributed by atoms with Crippen molar-refractivity contribution in [3.8, 4) is 5.75 Å². The number of para-hydroxylation sites is 1. The number of phenols is 1. The van der Waals surface area contributed by atoms with Gasteiger partial charge in [0.2, 0.25) is 11.8 Å². The number of aromatic hydroxyl groups is 1. The molecule has 3 amide bonds. The standard InChI is InChI=1S/C30H43N3O5/c1-5-6-7-8-9-15-20-33(26(35)22-32-29(37)38-30(2,3)4)27(24-18-13-14-19-25(24)34)28(36)31-21-23-16-11-10-12-17-23/h10-14,16-19,27,34H,5-9,15,20-22H2,1-4H3,(H,31,36)(H,32,37). The molecule has 0 aromatic heterocycles. The third kappa shape index (κ3) is 10.8. The van der Waals surface area contributed by atoms with E-state index in [-0.39, 0.29) is 18.8 Å². The summed E-state index contributed by atoms with van der Waals surface area (Å²) in [6.07, 6.45) is 5.33. The van der Waals surface area contributed by atoms with Crippen LogP contribution in [0, 0.1) is 0 Å². The average molecular weight is 526 g/mol. The molecule has 0 bridgehead atoms. The van der Waals surface area contributed by atoms with Crippen LogP contribution in [0.25, 0.3) is 0 Å². The number of alkyl carbamates (subject to hydrolysis) is 1. The molecule has 1 atom stereocenters. The Bertz CT molecular complexity index is 1020. The summed E-state index contributed by atoms with van der Waals surface area (Å²) in [5, 5.41) is 16.1. The summed E-state index contributed by atoms with van der Waals surface area (Å²) in [6, 6.07) is 14.9. The number of benzene rings is 2. The van der Waals surface area contributed by atoms with E-state index in [4.69, 9.17) is 4.74 Å². The molecule has 1 unspecified atom stereocenters. The summed E-state index contributed by atoms with van der Waals surface area (Å²) in [7, 11) is 0. The van der Waals surface area contributed by atoms with Gasteiger partial charge in [-0.1, -0.05) is 87.6 Å². The second-order valence-electron chi connectivity index (χ2n) is 10.4. The molecule has 0 aliphatic heterocycles. The Morgan fingerprint density at radius 3 is 2.18 bits per heavy atom. The first-order valence-electron chi connectivity index (χ1n) is 13.5. The van der Waals surface area contributed by atoms with Crippen LogP contribution in [0.1, 0.15) is 83.4 Å². The fraction of sp³-hybridized carbons (Fsp3) is 0.500. The van der Waals surface area contributed by atoms with Crippen molar-refractivity contribution < 1.29 is 24.2 Å². The number of carbonyl (C=O) groups is 3. The smallest absolute Gasteiger partial charge is 0.408 e. The Kier molecular flexibility index (Phi) is 12.6. The minimum absolute atomic E-state index is 0.0757. The van der Waals surface area contributed by atoms with Gasteiger partial charge in [-0.15, -0.1) is 0 Å². The highest BCUT2D eigenvalue weighted by Crippen LogP contribution is 2.29. The molecule has 3 N–H and O–H groups in total. The number of hydrogen-bond acceptors (Lipinski definition) is 5. The van der Waals surface area contributed by atoms with Gasteiger partial charge in [0.25, 0.3) is 0 Å². The van der Waals surface area contributed by atoms with Gasteiger partial charge >= 0.3 is 6.09 Å². The van der Waals surface area contributed by atoms with Gasteiger partial charge in [0.05, 0.1) is 0 Å². The first-order valence-corrected chi connectivity index (χ1v) is 13.5. The van der Waals surface area contributed by atoms with E-state index in [1.165, 1.54) is 11.0 Å². The number of carbonyl (C=O) groups excluding carboxylic acids is 3. The fourth-order valence-electron chi connectivity index (χ4n) is 4.07. The van der Waals surface area contributed by atoms with Crippen LogP contribution in [-0.2, 0) is 20.9 Å². The molecule has 0 fully saturated rings. The van der Waals surface area contributed by atoms with E-state index >= 15 is 0 Å². The second kappa shape index (κ2) is 15.6. The highest BCUT2D eigenvalue weighted by atomic mass is 16.6. The third-order valence-corrected chi connectivity index (χ3v) is 5.96. The van der Waals surface area contributed by atoms with E-state index in [0.717, 1.165) is 37.7 Å². The topological polar surface area (TPSA) is 108 Å². The van der Waals surface area contributed by atoms with E-state index in [1.807, 2.05) is 30.3 Å². The van der Waals surface area contributed by atoms with Crippen LogP contribution >= 0.6 is 0 Å². The zero-order chi connectivity index (χ0) is 28.0. The Labute approximate surface area is 226 Å². The zero-order valence-corrected chi connectivity index (χ0v) is 23.2. The van der Waals surface area contributed by atoms with Crippen LogP contribution in [0.5, 0.6) is 5.75 Å². The van der Waals surface area contributed by atoms with E-state index in [0.29, 0.717) is 18.5 Å². The Hall–Kier alpha value is -3.55. The van der Waals surface area contributed by atoms with Crippen LogP contribution in [-0.4, -0.2) is 46.6 Å². The molecule has 8 nitrogen and oxygen atoms in total. The largest absolute Gasteiger partial charge is 0.508 e. The SMILES string of the molecule is CCCCCCCCN(C(=O)CNC(=O)OC(C)(C)C)C(C(=O)NCc1ccccc1)c1ccccc1O. The highest BCUT2D eigenvalue weighted by Gasteiger charge is 2.33. The van der Waals surface area contributed by atoms with Crippen molar-refractivity contribution in [2.45, 2.75) is 84.4 Å². The summed E-state index contributed by atoms with van der Waals surface area (Å²) >= 11 is 0. The number of nitrogens with zero attached hydrogens (tertiary/aromatic N) is 1. The maximum absolute atomic E-state index is 13.6. The lowest BCUT2D eigenvalue weighted by atomic mass is 10.0. The average Bonchev–Trinajstić information content (AvgIpc) is 2.87. The van der Waals surface area contributed by atoms with E-state index in [1.54, 1.807) is 39.0 Å². The fourth-order valence-corrected chi connectivity index (χ4v) is 4.07. The lowest BCUT2D eigenvalue weighted by Gasteiger charge is -2.32. The van der Waals surface area contributed by atoms with Crippen LogP contribution < -0.4 is 10.6 Å². The van der Waals surface area contributed by atoms with Crippen LogP contribution in [0.15, 0.2) is 54.6 Å². The Morgan fingerprint density at radius 1 is 0.895 bits per heavy atom. The van der Waals surface area contributed by atoms with E-state index in [9.17, 15) is 19.5 Å². The third-order valence-electron chi connectivity index (χ3n) is 5.96. The molecule has 0 saturated carbocycles. The lowest BCUT2D eigenvalue weighted by Crippen LogP contribution is -2.48. The summed E-state index contributed by atoms with van der Waals surface area (Å²) in [6.45, 7) is 7.63. The van der Waals surface area contributed by atoms with Crippen molar-refractivity contribution in [2.75, 3.05) is 13.1 Å². The minimum Gasteiger partial charge on any atom is -0.508 e. The van der Waals surface area contributed by atoms with Crippen LogP contribution in [0.4, 0.5) is 4.79 Å². The molecule has 0 aliphatic carbocycles. The first kappa shape index (κ1) is 30.7. The quantitative estimate of drug-likeness (QED) is 0.284. The van der Waals surface area contributed by atoms with Gasteiger partial charge in [-0.25, -0.2) is 4.79 Å². The molecule has 0 radical (unpaired) electrons. The molecule has 2 rings (SSSR count). The van der Waals surface area contributed by atoms with Crippen molar-refractivity contribution in [3.63, 3.8) is 0 Å². The van der Waals surface area contributed by atoms with E-state index in [2.05, 4.69) is 17.6 Å². The molecule has 0 heterocycles. The molecule has 2 aromatic carbocycles. The van der Waals surface area contributed by atoms with Gasteiger partial charge in [-0.2, -0.15) is 0 Å². The van der Waals surface area contributed by atoms with Crippen molar-refractivity contribution >= 4 is 17.9 Å². The monoisotopic (exact) mass is 525 g/mol.